The maximum atomic E-state index is 11.1. The van der Waals surface area contributed by atoms with E-state index in [1.165, 1.54) is 0 Å². The van der Waals surface area contributed by atoms with E-state index in [2.05, 4.69) is 10.2 Å². The first kappa shape index (κ1) is 10.5. The van der Waals surface area contributed by atoms with Gasteiger partial charge in [-0.15, -0.1) is 0 Å². The van der Waals surface area contributed by atoms with Crippen LogP contribution in [0.25, 0.3) is 0 Å². The van der Waals surface area contributed by atoms with Crippen molar-refractivity contribution < 1.29 is 9.53 Å². The number of amides is 1. The number of hydrogen-bond donors (Lipinski definition) is 1. The van der Waals surface area contributed by atoms with Gasteiger partial charge in [0.05, 0.1) is 18.8 Å². The number of rotatable bonds is 2. The minimum Gasteiger partial charge on any atom is -0.373 e. The maximum absolute atomic E-state index is 11.1. The summed E-state index contributed by atoms with van der Waals surface area (Å²) in [4.78, 5) is 13.2. The fourth-order valence-corrected chi connectivity index (χ4v) is 1.70. The Labute approximate surface area is 79.2 Å². The molecular formula is C9H18N2O2. The van der Waals surface area contributed by atoms with Crippen LogP contribution in [0.1, 0.15) is 13.8 Å². The topological polar surface area (TPSA) is 41.6 Å². The molecule has 1 saturated heterocycles. The summed E-state index contributed by atoms with van der Waals surface area (Å²) in [6.45, 7) is 6.24. The predicted octanol–water partition coefficient (Wildman–Crippen LogP) is -0.158. The molecule has 0 aliphatic carbocycles. The first-order valence-corrected chi connectivity index (χ1v) is 4.70. The summed E-state index contributed by atoms with van der Waals surface area (Å²) < 4.78 is 5.56. The number of carbonyl (C=O) groups excluding carboxylic acids is 1. The Morgan fingerprint density at radius 1 is 1.46 bits per heavy atom. The minimum atomic E-state index is 0.0706. The third kappa shape index (κ3) is 3.32. The number of nitrogens with one attached hydrogen (secondary N) is 1. The Morgan fingerprint density at radius 3 is 2.46 bits per heavy atom. The van der Waals surface area contributed by atoms with E-state index < -0.39 is 0 Å². The number of nitrogens with zero attached hydrogens (tertiary/aromatic N) is 1. The van der Waals surface area contributed by atoms with Gasteiger partial charge in [-0.25, -0.2) is 0 Å². The number of carbonyl (C=O) groups is 1. The van der Waals surface area contributed by atoms with Crippen LogP contribution in [0, 0.1) is 0 Å². The number of likely N-dealkylation sites (N-methyl/N-ethyl adjacent to an activating group) is 1. The molecule has 0 aromatic carbocycles. The molecule has 13 heavy (non-hydrogen) atoms. The van der Waals surface area contributed by atoms with Gasteiger partial charge in [0.25, 0.3) is 0 Å². The van der Waals surface area contributed by atoms with Crippen molar-refractivity contribution in [3.8, 4) is 0 Å². The molecule has 1 amide bonds. The van der Waals surface area contributed by atoms with Crippen LogP contribution in [0.2, 0.25) is 0 Å². The molecule has 1 heterocycles. The Hall–Kier alpha value is -0.610. The summed E-state index contributed by atoms with van der Waals surface area (Å²) in [5, 5.41) is 2.62. The molecule has 1 aliphatic rings. The Bertz CT molecular complexity index is 174. The first-order valence-electron chi connectivity index (χ1n) is 4.70. The lowest BCUT2D eigenvalue weighted by Gasteiger charge is -2.34. The molecule has 0 aromatic rings. The molecule has 2 atom stereocenters. The summed E-state index contributed by atoms with van der Waals surface area (Å²) >= 11 is 0. The van der Waals surface area contributed by atoms with Crippen molar-refractivity contribution in [1.82, 2.24) is 10.2 Å². The molecule has 0 unspecified atom stereocenters. The highest BCUT2D eigenvalue weighted by atomic mass is 16.5. The van der Waals surface area contributed by atoms with Crippen molar-refractivity contribution in [2.45, 2.75) is 26.1 Å². The average molecular weight is 186 g/mol. The van der Waals surface area contributed by atoms with E-state index in [0.717, 1.165) is 13.1 Å². The molecule has 0 aromatic heterocycles. The van der Waals surface area contributed by atoms with E-state index in [1.54, 1.807) is 7.05 Å². The van der Waals surface area contributed by atoms with Crippen molar-refractivity contribution in [1.29, 1.82) is 0 Å². The first-order chi connectivity index (χ1) is 6.11. The fraction of sp³-hybridized carbons (Fsp3) is 0.889. The van der Waals surface area contributed by atoms with Crippen molar-refractivity contribution in [2.75, 3.05) is 26.7 Å². The molecule has 4 nitrogen and oxygen atoms in total. The van der Waals surface area contributed by atoms with E-state index in [4.69, 9.17) is 4.74 Å². The van der Waals surface area contributed by atoms with Gasteiger partial charge in [-0.1, -0.05) is 0 Å². The lowest BCUT2D eigenvalue weighted by Crippen LogP contribution is -2.48. The van der Waals surface area contributed by atoms with E-state index in [-0.39, 0.29) is 18.1 Å². The third-order valence-corrected chi connectivity index (χ3v) is 2.14. The van der Waals surface area contributed by atoms with Gasteiger partial charge in [-0.2, -0.15) is 0 Å². The number of hydrogen-bond acceptors (Lipinski definition) is 3. The highest BCUT2D eigenvalue weighted by Gasteiger charge is 2.22. The standard InChI is InChI=1S/C9H18N2O2/c1-7-4-11(5-8(2)13-7)6-9(12)10-3/h7-8H,4-6H2,1-3H3,(H,10,12)/t7-,8+. The lowest BCUT2D eigenvalue weighted by molar-refractivity contribution is -0.125. The summed E-state index contributed by atoms with van der Waals surface area (Å²) in [5.41, 5.74) is 0. The summed E-state index contributed by atoms with van der Waals surface area (Å²) in [5.74, 6) is 0.0706. The zero-order valence-electron chi connectivity index (χ0n) is 8.54. The van der Waals surface area contributed by atoms with Crippen LogP contribution in [-0.4, -0.2) is 49.7 Å². The SMILES string of the molecule is CNC(=O)CN1C[C@@H](C)O[C@@H](C)C1. The second-order valence-electron chi connectivity index (χ2n) is 3.62. The van der Waals surface area contributed by atoms with Crippen LogP contribution in [0.5, 0.6) is 0 Å². The van der Waals surface area contributed by atoms with Gasteiger partial charge in [-0.3, -0.25) is 9.69 Å². The van der Waals surface area contributed by atoms with Crippen LogP contribution in [0.4, 0.5) is 0 Å². The van der Waals surface area contributed by atoms with Crippen molar-refractivity contribution in [2.24, 2.45) is 0 Å². The van der Waals surface area contributed by atoms with Crippen LogP contribution in [0.15, 0.2) is 0 Å². The largest absolute Gasteiger partial charge is 0.373 e. The second kappa shape index (κ2) is 4.58. The van der Waals surface area contributed by atoms with Crippen molar-refractivity contribution in [3.05, 3.63) is 0 Å². The average Bonchev–Trinajstić information content (AvgIpc) is 2.02. The summed E-state index contributed by atoms with van der Waals surface area (Å²) in [7, 11) is 1.66. The zero-order valence-corrected chi connectivity index (χ0v) is 8.54. The second-order valence-corrected chi connectivity index (χ2v) is 3.62. The van der Waals surface area contributed by atoms with Crippen LogP contribution < -0.4 is 5.32 Å². The molecular weight excluding hydrogens is 168 g/mol. The number of ether oxygens (including phenoxy) is 1. The highest BCUT2D eigenvalue weighted by molar-refractivity contribution is 5.77. The van der Waals surface area contributed by atoms with Crippen molar-refractivity contribution in [3.63, 3.8) is 0 Å². The highest BCUT2D eigenvalue weighted by Crippen LogP contribution is 2.09. The fourth-order valence-electron chi connectivity index (χ4n) is 1.70. The third-order valence-electron chi connectivity index (χ3n) is 2.14. The molecule has 76 valence electrons. The maximum Gasteiger partial charge on any atom is 0.233 e. The summed E-state index contributed by atoms with van der Waals surface area (Å²) in [6, 6.07) is 0. The van der Waals surface area contributed by atoms with Gasteiger partial charge in [0.2, 0.25) is 5.91 Å². The molecule has 0 saturated carbocycles. The minimum absolute atomic E-state index is 0.0706. The molecule has 1 rings (SSSR count). The molecule has 0 spiro atoms. The predicted molar refractivity (Wildman–Crippen MR) is 50.5 cm³/mol. The normalized spacial score (nSPS) is 30.1. The molecule has 0 bridgehead atoms. The van der Waals surface area contributed by atoms with Gasteiger partial charge in [-0.05, 0) is 13.8 Å². The molecule has 0 radical (unpaired) electrons. The lowest BCUT2D eigenvalue weighted by atomic mass is 10.2. The van der Waals surface area contributed by atoms with Gasteiger partial charge in [0.1, 0.15) is 0 Å². The summed E-state index contributed by atoms with van der Waals surface area (Å²) in [6.07, 6.45) is 0.460. The van der Waals surface area contributed by atoms with Gasteiger partial charge in [0, 0.05) is 20.1 Å². The molecule has 1 aliphatic heterocycles. The van der Waals surface area contributed by atoms with E-state index in [1.807, 2.05) is 13.8 Å². The van der Waals surface area contributed by atoms with Gasteiger partial charge < -0.3 is 10.1 Å². The Kier molecular flexibility index (Phi) is 3.69. The zero-order chi connectivity index (χ0) is 9.84. The van der Waals surface area contributed by atoms with Gasteiger partial charge in [0.15, 0.2) is 0 Å². The van der Waals surface area contributed by atoms with E-state index >= 15 is 0 Å². The smallest absolute Gasteiger partial charge is 0.233 e. The monoisotopic (exact) mass is 186 g/mol. The molecule has 4 heteroatoms. The molecule has 1 fully saturated rings. The van der Waals surface area contributed by atoms with Crippen LogP contribution in [0.3, 0.4) is 0 Å². The van der Waals surface area contributed by atoms with Crippen LogP contribution in [-0.2, 0) is 9.53 Å². The quantitative estimate of drug-likeness (QED) is 0.651. The Balaban J connectivity index is 2.37. The van der Waals surface area contributed by atoms with E-state index in [9.17, 15) is 4.79 Å². The van der Waals surface area contributed by atoms with Crippen LogP contribution >= 0.6 is 0 Å². The van der Waals surface area contributed by atoms with E-state index in [0.29, 0.717) is 6.54 Å². The molecule has 1 N–H and O–H groups in total. The van der Waals surface area contributed by atoms with Crippen molar-refractivity contribution >= 4 is 5.91 Å². The number of morpholine rings is 1. The Morgan fingerprint density at radius 2 is 2.00 bits per heavy atom. The van der Waals surface area contributed by atoms with Gasteiger partial charge >= 0.3 is 0 Å².